The second-order valence-corrected chi connectivity index (χ2v) is 8.94. The van der Waals surface area contributed by atoms with E-state index in [2.05, 4.69) is 33.2 Å². The van der Waals surface area contributed by atoms with Gasteiger partial charge in [-0.3, -0.25) is 0 Å². The minimum Gasteiger partial charge on any atom is -0.438 e. The second kappa shape index (κ2) is 8.17. The van der Waals surface area contributed by atoms with Crippen LogP contribution in [-0.4, -0.2) is 15.0 Å². The average molecular weight is 483 g/mol. The van der Waals surface area contributed by atoms with Gasteiger partial charge in [0, 0.05) is 27.4 Å². The zero-order valence-electron chi connectivity index (χ0n) is 17.9. The zero-order valence-corrected chi connectivity index (χ0v) is 19.5. The Bertz CT molecular complexity index is 1620. The molecule has 4 N–H and O–H groups in total. The standard InChI is InChI=1S/C27H19ClN4OS/c28-17-11-12-20-18(13-17)22(24(30-20)16-9-5-2-6-10-16)19-14-21(15-7-3-1-4-8-15)33-26-23(19)25(29)31-27(34)32-26/h1-14,19,30H,(H3,29,31,32,34). The van der Waals surface area contributed by atoms with Gasteiger partial charge in [-0.2, -0.15) is 4.98 Å². The Morgan fingerprint density at radius 2 is 1.59 bits per heavy atom. The van der Waals surface area contributed by atoms with E-state index in [1.54, 1.807) is 0 Å². The van der Waals surface area contributed by atoms with Gasteiger partial charge in [-0.15, -0.1) is 0 Å². The van der Waals surface area contributed by atoms with Gasteiger partial charge < -0.3 is 20.4 Å². The van der Waals surface area contributed by atoms with Gasteiger partial charge in [0.15, 0.2) is 0 Å². The van der Waals surface area contributed by atoms with Crippen LogP contribution < -0.4 is 10.5 Å². The van der Waals surface area contributed by atoms with Crippen molar-refractivity contribution >= 4 is 46.3 Å². The Hall–Kier alpha value is -3.87. The lowest BCUT2D eigenvalue weighted by molar-refractivity contribution is 0.469. The third kappa shape index (κ3) is 3.48. The Morgan fingerprint density at radius 1 is 0.882 bits per heavy atom. The minimum atomic E-state index is -0.263. The van der Waals surface area contributed by atoms with E-state index in [1.165, 1.54) is 0 Å². The molecule has 0 aliphatic carbocycles. The van der Waals surface area contributed by atoms with E-state index in [-0.39, 0.29) is 10.7 Å². The van der Waals surface area contributed by atoms with E-state index in [0.29, 0.717) is 22.5 Å². The molecule has 5 aromatic rings. The summed E-state index contributed by atoms with van der Waals surface area (Å²) in [6.45, 7) is 0. The van der Waals surface area contributed by atoms with Crippen molar-refractivity contribution < 1.29 is 4.74 Å². The van der Waals surface area contributed by atoms with Gasteiger partial charge in [-0.25, -0.2) is 0 Å². The van der Waals surface area contributed by atoms with Crippen LogP contribution in [0.5, 0.6) is 5.88 Å². The fraction of sp³-hybridized carbons (Fsp3) is 0.0370. The molecule has 0 saturated heterocycles. The maximum atomic E-state index is 6.48. The highest BCUT2D eigenvalue weighted by atomic mass is 35.5. The van der Waals surface area contributed by atoms with Crippen LogP contribution >= 0.6 is 23.8 Å². The van der Waals surface area contributed by atoms with Crippen molar-refractivity contribution in [1.82, 2.24) is 15.0 Å². The maximum Gasteiger partial charge on any atom is 0.229 e. The molecule has 0 amide bonds. The first-order valence-corrected chi connectivity index (χ1v) is 11.6. The molecule has 0 saturated carbocycles. The Labute approximate surface area is 205 Å². The van der Waals surface area contributed by atoms with Crippen molar-refractivity contribution in [3.63, 3.8) is 0 Å². The number of nitrogens with two attached hydrogens (primary N) is 1. The molecule has 1 atom stereocenters. The fourth-order valence-corrected chi connectivity index (χ4v) is 4.92. The molecule has 0 spiro atoms. The average Bonchev–Trinajstić information content (AvgIpc) is 3.22. The predicted molar refractivity (Wildman–Crippen MR) is 139 cm³/mol. The molecule has 1 unspecified atom stereocenters. The Balaban J connectivity index is 1.69. The molecule has 34 heavy (non-hydrogen) atoms. The number of hydrogen-bond donors (Lipinski definition) is 3. The van der Waals surface area contributed by atoms with Crippen LogP contribution in [0.4, 0.5) is 5.82 Å². The number of ether oxygens (including phenoxy) is 1. The van der Waals surface area contributed by atoms with Crippen molar-refractivity contribution in [2.45, 2.75) is 5.92 Å². The molecule has 2 aromatic heterocycles. The van der Waals surface area contributed by atoms with E-state index in [1.807, 2.05) is 66.7 Å². The third-order valence-corrected chi connectivity index (χ3v) is 6.46. The normalized spacial score (nSPS) is 15.0. The summed E-state index contributed by atoms with van der Waals surface area (Å²) in [6.07, 6.45) is 2.09. The highest BCUT2D eigenvalue weighted by Gasteiger charge is 2.32. The minimum absolute atomic E-state index is 0.263. The number of benzene rings is 3. The van der Waals surface area contributed by atoms with E-state index in [4.69, 9.17) is 34.3 Å². The summed E-state index contributed by atoms with van der Waals surface area (Å²) in [7, 11) is 0. The van der Waals surface area contributed by atoms with E-state index in [0.717, 1.165) is 38.9 Å². The van der Waals surface area contributed by atoms with Crippen molar-refractivity contribution in [1.29, 1.82) is 0 Å². The molecule has 0 fully saturated rings. The van der Waals surface area contributed by atoms with Gasteiger partial charge in [0.25, 0.3) is 0 Å². The number of nitrogens with zero attached hydrogens (tertiary/aromatic N) is 1. The molecule has 7 heteroatoms. The van der Waals surface area contributed by atoms with Crippen LogP contribution in [0.2, 0.25) is 5.02 Å². The van der Waals surface area contributed by atoms with Crippen molar-refractivity contribution in [2.24, 2.45) is 0 Å². The zero-order chi connectivity index (χ0) is 23.2. The highest BCUT2D eigenvalue weighted by Crippen LogP contribution is 2.47. The van der Waals surface area contributed by atoms with Gasteiger partial charge >= 0.3 is 0 Å². The largest absolute Gasteiger partial charge is 0.438 e. The van der Waals surface area contributed by atoms with E-state index < -0.39 is 0 Å². The molecule has 1 aliphatic heterocycles. The van der Waals surface area contributed by atoms with Crippen molar-refractivity contribution in [3.8, 4) is 17.1 Å². The van der Waals surface area contributed by atoms with Crippen LogP contribution in [0.25, 0.3) is 27.9 Å². The quantitative estimate of drug-likeness (QED) is 0.240. The SMILES string of the molecule is Nc1[nH]c(=S)nc2c1C(c1c(-c3ccccc3)[nH]c3ccc(Cl)cc13)C=C(c1ccccc1)O2. The number of rotatable bonds is 3. The number of hydrogen-bond acceptors (Lipinski definition) is 4. The van der Waals surface area contributed by atoms with Crippen LogP contribution in [-0.2, 0) is 0 Å². The lowest BCUT2D eigenvalue weighted by Gasteiger charge is -2.26. The summed E-state index contributed by atoms with van der Waals surface area (Å²) in [6, 6.07) is 26.0. The van der Waals surface area contributed by atoms with E-state index >= 15 is 0 Å². The highest BCUT2D eigenvalue weighted by molar-refractivity contribution is 7.71. The first-order chi connectivity index (χ1) is 16.6. The van der Waals surface area contributed by atoms with Crippen molar-refractivity contribution in [3.05, 3.63) is 111 Å². The number of fused-ring (bicyclic) bond motifs is 2. The molecular formula is C27H19ClN4OS. The number of H-pyrrole nitrogens is 2. The van der Waals surface area contributed by atoms with Crippen LogP contribution in [0, 0.1) is 4.77 Å². The third-order valence-electron chi connectivity index (χ3n) is 6.03. The van der Waals surface area contributed by atoms with Crippen LogP contribution in [0.3, 0.4) is 0 Å². The first kappa shape index (κ1) is 20.7. The number of anilines is 1. The molecule has 6 rings (SSSR count). The summed E-state index contributed by atoms with van der Waals surface area (Å²) in [5, 5.41) is 1.67. The summed E-state index contributed by atoms with van der Waals surface area (Å²) >= 11 is 11.8. The molecule has 3 heterocycles. The molecule has 5 nitrogen and oxygen atoms in total. The first-order valence-electron chi connectivity index (χ1n) is 10.8. The summed E-state index contributed by atoms with van der Waals surface area (Å²) in [5.74, 6) is 1.27. The topological polar surface area (TPSA) is 79.7 Å². The van der Waals surface area contributed by atoms with Gasteiger partial charge in [0.1, 0.15) is 11.6 Å². The summed E-state index contributed by atoms with van der Waals surface area (Å²) < 4.78 is 6.51. The number of halogens is 1. The summed E-state index contributed by atoms with van der Waals surface area (Å²) in [4.78, 5) is 11.1. The van der Waals surface area contributed by atoms with Gasteiger partial charge in [-0.05, 0) is 47.6 Å². The number of allylic oxidation sites excluding steroid dienone is 1. The second-order valence-electron chi connectivity index (χ2n) is 8.12. The van der Waals surface area contributed by atoms with Crippen molar-refractivity contribution in [2.75, 3.05) is 5.73 Å². The monoisotopic (exact) mass is 482 g/mol. The maximum absolute atomic E-state index is 6.48. The van der Waals surface area contributed by atoms with Gasteiger partial charge in [-0.1, -0.05) is 72.3 Å². The predicted octanol–water partition coefficient (Wildman–Crippen LogP) is 7.09. The fourth-order valence-electron chi connectivity index (χ4n) is 4.56. The lowest BCUT2D eigenvalue weighted by Crippen LogP contribution is -2.15. The molecule has 3 aromatic carbocycles. The van der Waals surface area contributed by atoms with Gasteiger partial charge in [0.05, 0.1) is 11.3 Å². The molecular weight excluding hydrogens is 464 g/mol. The molecule has 1 aliphatic rings. The molecule has 0 bridgehead atoms. The number of aromatic nitrogens is 3. The number of aromatic amines is 2. The van der Waals surface area contributed by atoms with Crippen LogP contribution in [0.15, 0.2) is 84.9 Å². The summed E-state index contributed by atoms with van der Waals surface area (Å²) in [5.41, 5.74) is 12.2. The smallest absolute Gasteiger partial charge is 0.229 e. The molecule has 166 valence electrons. The molecule has 0 radical (unpaired) electrons. The lowest BCUT2D eigenvalue weighted by atomic mass is 9.86. The van der Waals surface area contributed by atoms with Gasteiger partial charge in [0.2, 0.25) is 10.7 Å². The Kier molecular flexibility index (Phi) is 4.98. The Morgan fingerprint density at radius 3 is 2.32 bits per heavy atom. The van der Waals surface area contributed by atoms with Crippen LogP contribution in [0.1, 0.15) is 22.6 Å². The number of nitrogens with one attached hydrogen (secondary N) is 2. The van der Waals surface area contributed by atoms with E-state index in [9.17, 15) is 0 Å². The number of nitrogen functional groups attached to an aromatic ring is 1.